The number of amides is 4. The lowest BCUT2D eigenvalue weighted by atomic mass is 9.80. The summed E-state index contributed by atoms with van der Waals surface area (Å²) in [6, 6.07) is 26.7. The van der Waals surface area contributed by atoms with Crippen LogP contribution < -0.4 is 35.9 Å². The lowest BCUT2D eigenvalue weighted by molar-refractivity contribution is -0.170. The second-order valence-corrected chi connectivity index (χ2v) is 19.2. The summed E-state index contributed by atoms with van der Waals surface area (Å²) < 4.78 is 64.3. The van der Waals surface area contributed by atoms with Gasteiger partial charge in [0.25, 0.3) is 11.5 Å². The highest BCUT2D eigenvalue weighted by Crippen LogP contribution is 2.42. The maximum atomic E-state index is 13.9. The molecule has 1 aliphatic heterocycles. The SMILES string of the molecule is COC(=O)[C@H](CCC(=O)O)NC(=O)c1ccc(N(Cc2cnc3nc(NC(=O)C(C)NCCCCCC(=O)N4C[C@H](O)C[C@H]4COC(c4ccccc4)(c4ccc(OC)cc4)c4ccc(OC)cc4)[nH]c(=O)c3n2)C(=O)C(F)(F)F)cc1. The Morgan fingerprint density at radius 2 is 1.46 bits per heavy atom. The molecule has 1 fully saturated rings. The van der Waals surface area contributed by atoms with E-state index in [9.17, 15) is 51.8 Å². The van der Waals surface area contributed by atoms with Crippen molar-refractivity contribution in [2.24, 2.45) is 0 Å². The quantitative estimate of drug-likeness (QED) is 0.0225. The summed E-state index contributed by atoms with van der Waals surface area (Å²) in [5.74, 6) is -5.01. The molecule has 0 spiro atoms. The van der Waals surface area contributed by atoms with Gasteiger partial charge in [0.1, 0.15) is 23.1 Å². The Kier molecular flexibility index (Phi) is 20.5. The molecule has 22 nitrogen and oxygen atoms in total. The summed E-state index contributed by atoms with van der Waals surface area (Å²) in [6.45, 7) is 1.40. The van der Waals surface area contributed by atoms with Crippen LogP contribution in [-0.4, -0.2) is 142 Å². The number of methoxy groups -OCH3 is 3. The van der Waals surface area contributed by atoms with Gasteiger partial charge in [-0.3, -0.25) is 44.0 Å². The number of H-pyrrole nitrogens is 1. The van der Waals surface area contributed by atoms with Gasteiger partial charge < -0.3 is 44.7 Å². The van der Waals surface area contributed by atoms with Crippen molar-refractivity contribution >= 4 is 58.4 Å². The molecule has 434 valence electrons. The lowest BCUT2D eigenvalue weighted by Crippen LogP contribution is -2.42. The Bertz CT molecular complexity index is 3210. The number of likely N-dealkylation sites (tertiary alicyclic amines) is 1. The highest BCUT2D eigenvalue weighted by Gasteiger charge is 2.44. The third-order valence-electron chi connectivity index (χ3n) is 13.7. The number of unbranched alkanes of at least 4 members (excludes halogenated alkanes) is 2. The summed E-state index contributed by atoms with van der Waals surface area (Å²) in [4.78, 5) is 106. The van der Waals surface area contributed by atoms with E-state index in [4.69, 9.17) is 19.3 Å². The maximum absolute atomic E-state index is 13.9. The molecular formula is C57H62F3N9O13. The molecule has 6 N–H and O–H groups in total. The Balaban J connectivity index is 0.914. The number of aliphatic hydroxyl groups is 1. The van der Waals surface area contributed by atoms with Gasteiger partial charge in [-0.15, -0.1) is 0 Å². The summed E-state index contributed by atoms with van der Waals surface area (Å²) in [5, 5.41) is 27.8. The highest BCUT2D eigenvalue weighted by atomic mass is 19.4. The number of hydrogen-bond donors (Lipinski definition) is 6. The molecule has 6 aromatic rings. The monoisotopic (exact) mass is 1140 g/mol. The molecule has 0 bridgehead atoms. The Morgan fingerprint density at radius 1 is 0.829 bits per heavy atom. The van der Waals surface area contributed by atoms with Crippen LogP contribution >= 0.6 is 0 Å². The predicted octanol–water partition coefficient (Wildman–Crippen LogP) is 5.41. The van der Waals surface area contributed by atoms with Crippen molar-refractivity contribution in [2.75, 3.05) is 51.2 Å². The number of aliphatic hydroxyl groups excluding tert-OH is 1. The second kappa shape index (κ2) is 27.6. The van der Waals surface area contributed by atoms with E-state index in [0.717, 1.165) is 54.3 Å². The number of aliphatic carboxylic acids is 1. The molecule has 0 radical (unpaired) electrons. The zero-order valence-corrected chi connectivity index (χ0v) is 45.2. The number of aromatic nitrogens is 4. The molecule has 0 aliphatic carbocycles. The van der Waals surface area contributed by atoms with Gasteiger partial charge in [0, 0.05) is 30.6 Å². The van der Waals surface area contributed by atoms with Gasteiger partial charge >= 0.3 is 24.0 Å². The fourth-order valence-corrected chi connectivity index (χ4v) is 9.39. The average molecular weight is 1140 g/mol. The number of ether oxygens (including phenoxy) is 4. The zero-order valence-electron chi connectivity index (χ0n) is 45.2. The minimum atomic E-state index is -5.38. The molecule has 1 saturated heterocycles. The summed E-state index contributed by atoms with van der Waals surface area (Å²) >= 11 is 0. The van der Waals surface area contributed by atoms with E-state index >= 15 is 0 Å². The smallest absolute Gasteiger partial charge is 0.471 e. The fourth-order valence-electron chi connectivity index (χ4n) is 9.39. The van der Waals surface area contributed by atoms with E-state index in [1.165, 1.54) is 0 Å². The topological polar surface area (TPSA) is 294 Å². The Morgan fingerprint density at radius 3 is 2.06 bits per heavy atom. The number of aromatic amines is 1. The number of esters is 1. The first-order valence-electron chi connectivity index (χ1n) is 26.1. The molecule has 82 heavy (non-hydrogen) atoms. The minimum absolute atomic E-state index is 0.114. The number of nitrogens with one attached hydrogen (secondary N) is 4. The first-order valence-corrected chi connectivity index (χ1v) is 26.1. The van der Waals surface area contributed by atoms with Crippen LogP contribution in [0.25, 0.3) is 11.2 Å². The van der Waals surface area contributed by atoms with Crippen LogP contribution in [0.1, 0.15) is 84.6 Å². The molecule has 1 unspecified atom stereocenters. The van der Waals surface area contributed by atoms with Gasteiger partial charge in [-0.05, 0) is 104 Å². The third-order valence-corrected chi connectivity index (χ3v) is 13.7. The maximum Gasteiger partial charge on any atom is 0.471 e. The van der Waals surface area contributed by atoms with Crippen molar-refractivity contribution in [3.05, 3.63) is 148 Å². The van der Waals surface area contributed by atoms with Crippen molar-refractivity contribution < 1.29 is 71.1 Å². The molecular weight excluding hydrogens is 1080 g/mol. The number of carbonyl (C=O) groups excluding carboxylic acids is 5. The first kappa shape index (κ1) is 60.8. The van der Waals surface area contributed by atoms with Gasteiger partial charge in [0.05, 0.1) is 64.6 Å². The largest absolute Gasteiger partial charge is 0.497 e. The third kappa shape index (κ3) is 15.1. The molecule has 4 aromatic carbocycles. The van der Waals surface area contributed by atoms with E-state index in [-0.39, 0.29) is 60.4 Å². The fraction of sp³-hybridized carbons (Fsp3) is 0.368. The Hall–Kier alpha value is -8.81. The number of halogens is 3. The number of β-amino-alcohol motifs (C(OH)–C–C–N with tert-alkyl or cyclic N) is 1. The number of carbonyl (C=O) groups is 6. The van der Waals surface area contributed by atoms with E-state index in [1.807, 2.05) is 78.9 Å². The number of hydrogen-bond acceptors (Lipinski definition) is 16. The molecule has 0 saturated carbocycles. The van der Waals surface area contributed by atoms with E-state index in [0.29, 0.717) is 48.6 Å². The van der Waals surface area contributed by atoms with Gasteiger partial charge in [-0.25, -0.2) is 14.8 Å². The molecule has 7 rings (SSSR count). The number of anilines is 2. The van der Waals surface area contributed by atoms with Crippen molar-refractivity contribution in [3.63, 3.8) is 0 Å². The number of fused-ring (bicyclic) bond motifs is 1. The second-order valence-electron chi connectivity index (χ2n) is 19.2. The highest BCUT2D eigenvalue weighted by molar-refractivity contribution is 6.00. The van der Waals surface area contributed by atoms with Gasteiger partial charge in [-0.1, -0.05) is 61.0 Å². The number of nitrogens with zero attached hydrogens (tertiary/aromatic N) is 5. The minimum Gasteiger partial charge on any atom is -0.497 e. The number of benzene rings is 4. The van der Waals surface area contributed by atoms with E-state index in [1.54, 1.807) is 26.0 Å². The van der Waals surface area contributed by atoms with Crippen LogP contribution in [0, 0.1) is 0 Å². The van der Waals surface area contributed by atoms with Crippen molar-refractivity contribution in [3.8, 4) is 11.5 Å². The first-order chi connectivity index (χ1) is 39.2. The molecule has 2 aromatic heterocycles. The lowest BCUT2D eigenvalue weighted by Gasteiger charge is -2.38. The van der Waals surface area contributed by atoms with Crippen LogP contribution in [0.3, 0.4) is 0 Å². The van der Waals surface area contributed by atoms with Crippen molar-refractivity contribution in [2.45, 2.75) is 94.4 Å². The molecule has 25 heteroatoms. The zero-order chi connectivity index (χ0) is 59.1. The predicted molar refractivity (Wildman–Crippen MR) is 291 cm³/mol. The molecule has 1 aliphatic rings. The molecule has 3 heterocycles. The number of alkyl halides is 3. The van der Waals surface area contributed by atoms with E-state index in [2.05, 4.69) is 40.6 Å². The van der Waals surface area contributed by atoms with Crippen LogP contribution in [0.2, 0.25) is 0 Å². The van der Waals surface area contributed by atoms with Crippen molar-refractivity contribution in [1.29, 1.82) is 0 Å². The number of carboxylic acids is 1. The van der Waals surface area contributed by atoms with Gasteiger partial charge in [0.2, 0.25) is 17.8 Å². The average Bonchev–Trinajstić information content (AvgIpc) is 3.37. The van der Waals surface area contributed by atoms with E-state index < -0.39 is 89.7 Å². The summed E-state index contributed by atoms with van der Waals surface area (Å²) in [5.41, 5.74) is -0.956. The molecule has 4 atom stereocenters. The number of rotatable bonds is 26. The summed E-state index contributed by atoms with van der Waals surface area (Å²) in [7, 11) is 4.23. The van der Waals surface area contributed by atoms with Crippen LogP contribution in [0.4, 0.5) is 24.8 Å². The van der Waals surface area contributed by atoms with Gasteiger partial charge in [-0.2, -0.15) is 18.2 Å². The van der Waals surface area contributed by atoms with Crippen LogP contribution in [0.15, 0.2) is 114 Å². The Labute approximate surface area is 468 Å². The normalized spacial score (nSPS) is 15.0. The standard InChI is InChI=1S/C57H62F3N9O13/c1-34(61-28-10-6-9-13-46(71)68-32-42(70)29-41(68)33-82-56(36-11-7-5-8-12-36,37-16-22-43(79-2)23-17-37)38-18-24-44(80-3)25-19-38)50(74)66-55-65-49-48(52(76)67-55)63-39(30-62-49)31-69(54(78)57(58,59)60)40-20-14-35(15-21-40)51(75)64-45(53(77)81-4)26-27-47(72)73/h5,7-8,11-12,14-25,30,34,41-42,45,61,70H,6,9-10,13,26-29,31-33H2,1-4H3,(H,64,75)(H,72,73)(H2,62,65,66,67,74,76)/t34?,41-,42+,45-/m0/s1. The number of carboxylic acid groups (broad SMARTS) is 1. The van der Waals surface area contributed by atoms with Crippen molar-refractivity contribution in [1.82, 2.24) is 35.5 Å². The van der Waals surface area contributed by atoms with Crippen LogP contribution in [-0.2, 0) is 45.6 Å². The molecule has 4 amide bonds. The van der Waals surface area contributed by atoms with Gasteiger partial charge in [0.15, 0.2) is 11.2 Å². The summed E-state index contributed by atoms with van der Waals surface area (Å²) in [6.07, 6.45) is -3.61. The van der Waals surface area contributed by atoms with Crippen LogP contribution in [0.5, 0.6) is 11.5 Å².